The maximum atomic E-state index is 12.9. The standard InChI is InChI=1S/C23H18ClNO/c24-19-13-10-18(11-14-19)16-25-22(15-12-17-6-2-1-3-7-17)20-8-4-5-9-21(20)23(25)26/h1-11,13-15H,12,16H2/b22-15+. The largest absolute Gasteiger partial charge is 0.304 e. The summed E-state index contributed by atoms with van der Waals surface area (Å²) in [6.07, 6.45) is 2.93. The maximum Gasteiger partial charge on any atom is 0.259 e. The summed E-state index contributed by atoms with van der Waals surface area (Å²) in [6.45, 7) is 0.533. The molecule has 0 saturated carbocycles. The fraction of sp³-hybridized carbons (Fsp3) is 0.0870. The van der Waals surface area contributed by atoms with E-state index in [2.05, 4.69) is 18.2 Å². The van der Waals surface area contributed by atoms with E-state index in [1.807, 2.05) is 71.6 Å². The fourth-order valence-electron chi connectivity index (χ4n) is 3.27. The molecule has 2 nitrogen and oxygen atoms in total. The highest BCUT2D eigenvalue weighted by molar-refractivity contribution is 6.30. The predicted octanol–water partition coefficient (Wildman–Crippen LogP) is 5.58. The lowest BCUT2D eigenvalue weighted by molar-refractivity contribution is 0.0843. The van der Waals surface area contributed by atoms with E-state index in [1.54, 1.807) is 0 Å². The number of amides is 1. The second-order valence-corrected chi connectivity index (χ2v) is 6.78. The molecule has 26 heavy (non-hydrogen) atoms. The minimum absolute atomic E-state index is 0.0508. The van der Waals surface area contributed by atoms with Crippen LogP contribution in [0, 0.1) is 0 Å². The molecule has 1 heterocycles. The third kappa shape index (κ3) is 3.29. The van der Waals surface area contributed by atoms with Gasteiger partial charge in [0.15, 0.2) is 0 Å². The van der Waals surface area contributed by atoms with Gasteiger partial charge in [-0.3, -0.25) is 4.79 Å². The number of carbonyl (C=O) groups excluding carboxylic acids is 1. The first-order valence-electron chi connectivity index (χ1n) is 8.62. The zero-order valence-corrected chi connectivity index (χ0v) is 15.0. The molecule has 1 amide bonds. The van der Waals surface area contributed by atoms with Gasteiger partial charge in [0.25, 0.3) is 5.91 Å². The Morgan fingerprint density at radius 1 is 0.769 bits per heavy atom. The zero-order valence-electron chi connectivity index (χ0n) is 14.2. The van der Waals surface area contributed by atoms with E-state index in [0.29, 0.717) is 11.6 Å². The maximum absolute atomic E-state index is 12.9. The highest BCUT2D eigenvalue weighted by Crippen LogP contribution is 2.34. The molecule has 3 heteroatoms. The van der Waals surface area contributed by atoms with Gasteiger partial charge in [0.05, 0.1) is 6.54 Å². The summed E-state index contributed by atoms with van der Waals surface area (Å²) in [5.41, 5.74) is 5.03. The summed E-state index contributed by atoms with van der Waals surface area (Å²) in [5.74, 6) is 0.0508. The summed E-state index contributed by atoms with van der Waals surface area (Å²) >= 11 is 5.98. The van der Waals surface area contributed by atoms with E-state index in [4.69, 9.17) is 11.6 Å². The Kier molecular flexibility index (Phi) is 4.59. The van der Waals surface area contributed by atoms with Gasteiger partial charge in [-0.15, -0.1) is 0 Å². The van der Waals surface area contributed by atoms with E-state index in [1.165, 1.54) is 5.56 Å². The Morgan fingerprint density at radius 3 is 2.15 bits per heavy atom. The van der Waals surface area contributed by atoms with Gasteiger partial charge in [0.1, 0.15) is 0 Å². The van der Waals surface area contributed by atoms with Crippen LogP contribution in [0.5, 0.6) is 0 Å². The first-order chi connectivity index (χ1) is 12.7. The normalized spacial score (nSPS) is 14.7. The first-order valence-corrected chi connectivity index (χ1v) is 9.00. The van der Waals surface area contributed by atoms with Crippen LogP contribution >= 0.6 is 11.6 Å². The first kappa shape index (κ1) is 16.6. The van der Waals surface area contributed by atoms with E-state index in [-0.39, 0.29) is 5.91 Å². The third-order valence-electron chi connectivity index (χ3n) is 4.60. The van der Waals surface area contributed by atoms with Crippen molar-refractivity contribution in [1.29, 1.82) is 0 Å². The van der Waals surface area contributed by atoms with Crippen molar-refractivity contribution in [3.8, 4) is 0 Å². The van der Waals surface area contributed by atoms with Crippen LogP contribution in [0.4, 0.5) is 0 Å². The molecule has 0 N–H and O–H groups in total. The van der Waals surface area contributed by atoms with Gasteiger partial charge < -0.3 is 4.90 Å². The van der Waals surface area contributed by atoms with Crippen molar-refractivity contribution >= 4 is 23.2 Å². The smallest absolute Gasteiger partial charge is 0.259 e. The van der Waals surface area contributed by atoms with Crippen LogP contribution in [0.3, 0.4) is 0 Å². The molecule has 0 spiro atoms. The van der Waals surface area contributed by atoms with Crippen molar-refractivity contribution in [2.24, 2.45) is 0 Å². The Hall–Kier alpha value is -2.84. The summed E-state index contributed by atoms with van der Waals surface area (Å²) < 4.78 is 0. The van der Waals surface area contributed by atoms with E-state index >= 15 is 0 Å². The second-order valence-electron chi connectivity index (χ2n) is 6.34. The molecular formula is C23H18ClNO. The number of carbonyl (C=O) groups is 1. The Labute approximate surface area is 158 Å². The number of rotatable bonds is 4. The van der Waals surface area contributed by atoms with Gasteiger partial charge in [-0.25, -0.2) is 0 Å². The molecule has 0 unspecified atom stereocenters. The summed E-state index contributed by atoms with van der Waals surface area (Å²) in [7, 11) is 0. The molecular weight excluding hydrogens is 342 g/mol. The Bertz CT molecular complexity index is 961. The van der Waals surface area contributed by atoms with Crippen LogP contribution < -0.4 is 0 Å². The average Bonchev–Trinajstić information content (AvgIpc) is 2.95. The van der Waals surface area contributed by atoms with Crippen molar-refractivity contribution in [3.05, 3.63) is 112 Å². The highest BCUT2D eigenvalue weighted by atomic mass is 35.5. The van der Waals surface area contributed by atoms with E-state index < -0.39 is 0 Å². The quantitative estimate of drug-likeness (QED) is 0.595. The van der Waals surface area contributed by atoms with E-state index in [0.717, 1.165) is 28.8 Å². The van der Waals surface area contributed by atoms with Crippen molar-refractivity contribution in [2.75, 3.05) is 0 Å². The molecule has 0 fully saturated rings. The van der Waals surface area contributed by atoms with Gasteiger partial charge in [-0.2, -0.15) is 0 Å². The lowest BCUT2D eigenvalue weighted by Gasteiger charge is -2.19. The van der Waals surface area contributed by atoms with Crippen LogP contribution in [0.2, 0.25) is 5.02 Å². The van der Waals surface area contributed by atoms with Gasteiger partial charge in [-0.1, -0.05) is 78.3 Å². The van der Waals surface area contributed by atoms with Gasteiger partial charge in [0.2, 0.25) is 0 Å². The topological polar surface area (TPSA) is 20.3 Å². The highest BCUT2D eigenvalue weighted by Gasteiger charge is 2.31. The third-order valence-corrected chi connectivity index (χ3v) is 4.85. The van der Waals surface area contributed by atoms with Crippen LogP contribution in [0.15, 0.2) is 84.9 Å². The Morgan fingerprint density at radius 2 is 1.42 bits per heavy atom. The number of nitrogens with zero attached hydrogens (tertiary/aromatic N) is 1. The lowest BCUT2D eigenvalue weighted by atomic mass is 10.1. The van der Waals surface area contributed by atoms with Crippen molar-refractivity contribution < 1.29 is 4.79 Å². The van der Waals surface area contributed by atoms with Crippen LogP contribution in [-0.2, 0) is 13.0 Å². The van der Waals surface area contributed by atoms with Gasteiger partial charge in [-0.05, 0) is 35.7 Å². The average molecular weight is 360 g/mol. The monoisotopic (exact) mass is 359 g/mol. The number of benzene rings is 3. The van der Waals surface area contributed by atoms with Crippen molar-refractivity contribution in [2.45, 2.75) is 13.0 Å². The molecule has 0 atom stereocenters. The molecule has 1 aliphatic rings. The number of halogens is 1. The minimum Gasteiger partial charge on any atom is -0.304 e. The molecule has 0 aliphatic carbocycles. The number of hydrogen-bond donors (Lipinski definition) is 0. The van der Waals surface area contributed by atoms with Crippen LogP contribution in [-0.4, -0.2) is 10.8 Å². The molecule has 4 rings (SSSR count). The Balaban J connectivity index is 1.68. The van der Waals surface area contributed by atoms with Crippen molar-refractivity contribution in [3.63, 3.8) is 0 Å². The van der Waals surface area contributed by atoms with Gasteiger partial charge >= 0.3 is 0 Å². The molecule has 128 valence electrons. The van der Waals surface area contributed by atoms with Crippen molar-refractivity contribution in [1.82, 2.24) is 4.90 Å². The number of hydrogen-bond acceptors (Lipinski definition) is 1. The molecule has 0 aromatic heterocycles. The van der Waals surface area contributed by atoms with Crippen LogP contribution in [0.1, 0.15) is 27.0 Å². The molecule has 0 radical (unpaired) electrons. The number of fused-ring (bicyclic) bond motifs is 1. The molecule has 0 saturated heterocycles. The SMILES string of the molecule is O=C1c2ccccc2/C(=C\Cc2ccccc2)N1Cc1ccc(Cl)cc1. The lowest BCUT2D eigenvalue weighted by Crippen LogP contribution is -2.22. The number of allylic oxidation sites excluding steroid dienone is 1. The fourth-order valence-corrected chi connectivity index (χ4v) is 3.40. The summed E-state index contributed by atoms with van der Waals surface area (Å²) in [6, 6.07) is 25.7. The minimum atomic E-state index is 0.0508. The zero-order chi connectivity index (χ0) is 17.9. The summed E-state index contributed by atoms with van der Waals surface area (Å²) in [5, 5.41) is 0.699. The summed E-state index contributed by atoms with van der Waals surface area (Å²) in [4.78, 5) is 14.8. The predicted molar refractivity (Wildman–Crippen MR) is 106 cm³/mol. The molecule has 3 aromatic rings. The van der Waals surface area contributed by atoms with Crippen LogP contribution in [0.25, 0.3) is 5.70 Å². The second kappa shape index (κ2) is 7.19. The molecule has 0 bridgehead atoms. The van der Waals surface area contributed by atoms with Gasteiger partial charge in [0, 0.05) is 21.8 Å². The molecule has 3 aromatic carbocycles. The molecule has 1 aliphatic heterocycles. The van der Waals surface area contributed by atoms with E-state index in [9.17, 15) is 4.79 Å².